The van der Waals surface area contributed by atoms with Crippen molar-refractivity contribution in [2.75, 3.05) is 24.5 Å². The second kappa shape index (κ2) is 4.09. The molecule has 3 rings (SSSR count). The third-order valence-corrected chi connectivity index (χ3v) is 4.74. The molecule has 0 aromatic carbocycles. The van der Waals surface area contributed by atoms with Crippen LogP contribution in [0.1, 0.15) is 19.8 Å². The number of aromatic nitrogens is 2. The van der Waals surface area contributed by atoms with Gasteiger partial charge in [0.2, 0.25) is 5.13 Å². The predicted molar refractivity (Wildman–Crippen MR) is 68.7 cm³/mol. The average Bonchev–Trinajstić information content (AvgIpc) is 2.84. The van der Waals surface area contributed by atoms with Crippen LogP contribution in [0.4, 0.5) is 5.13 Å². The van der Waals surface area contributed by atoms with Crippen LogP contribution < -0.4 is 4.90 Å². The van der Waals surface area contributed by atoms with Crippen LogP contribution in [0.2, 0.25) is 0 Å². The van der Waals surface area contributed by atoms with Crippen molar-refractivity contribution in [2.24, 2.45) is 0 Å². The van der Waals surface area contributed by atoms with Crippen LogP contribution in [0.15, 0.2) is 0 Å². The Labute approximate surface area is 104 Å². The van der Waals surface area contributed by atoms with Crippen LogP contribution in [0, 0.1) is 3.95 Å². The molecule has 1 aromatic rings. The number of fused-ring (bicyclic) bond motifs is 1. The highest BCUT2D eigenvalue weighted by Crippen LogP contribution is 2.29. The predicted octanol–water partition coefficient (Wildman–Crippen LogP) is 1.87. The molecule has 3 heterocycles. The van der Waals surface area contributed by atoms with Gasteiger partial charge in [0.25, 0.3) is 0 Å². The lowest BCUT2D eigenvalue weighted by Gasteiger charge is -2.42. The van der Waals surface area contributed by atoms with Crippen LogP contribution in [0.5, 0.6) is 0 Å². The number of piperazine rings is 1. The monoisotopic (exact) mass is 256 g/mol. The van der Waals surface area contributed by atoms with Gasteiger partial charge in [-0.3, -0.25) is 10.00 Å². The van der Waals surface area contributed by atoms with E-state index in [1.807, 2.05) is 0 Å². The summed E-state index contributed by atoms with van der Waals surface area (Å²) in [5.74, 6) is 0. The molecule has 2 atom stereocenters. The smallest absolute Gasteiger partial charge is 0.207 e. The maximum Gasteiger partial charge on any atom is 0.207 e. The van der Waals surface area contributed by atoms with Gasteiger partial charge in [-0.1, -0.05) is 11.3 Å². The summed E-state index contributed by atoms with van der Waals surface area (Å²) in [6, 6.07) is 1.27. The van der Waals surface area contributed by atoms with Crippen molar-refractivity contribution in [2.45, 2.75) is 31.8 Å². The SMILES string of the molecule is CC1CN2CCCC2CN1c1n[nH]c(=S)s1. The quantitative estimate of drug-likeness (QED) is 0.778. The van der Waals surface area contributed by atoms with Crippen molar-refractivity contribution >= 4 is 28.7 Å². The molecule has 2 aliphatic rings. The Kier molecular flexibility index (Phi) is 2.73. The number of hydrogen-bond donors (Lipinski definition) is 1. The van der Waals surface area contributed by atoms with Crippen LogP contribution in [-0.2, 0) is 0 Å². The van der Waals surface area contributed by atoms with Gasteiger partial charge in [-0.15, -0.1) is 5.10 Å². The first-order valence-corrected chi connectivity index (χ1v) is 7.03. The molecule has 6 heteroatoms. The molecule has 2 fully saturated rings. The Bertz CT molecular complexity index is 426. The number of H-pyrrole nitrogens is 1. The fourth-order valence-electron chi connectivity index (χ4n) is 2.80. The summed E-state index contributed by atoms with van der Waals surface area (Å²) in [7, 11) is 0. The number of anilines is 1. The Morgan fingerprint density at radius 2 is 2.38 bits per heavy atom. The van der Waals surface area contributed by atoms with Crippen molar-refractivity contribution in [3.8, 4) is 0 Å². The van der Waals surface area contributed by atoms with Crippen molar-refractivity contribution in [3.05, 3.63) is 3.95 Å². The molecule has 0 radical (unpaired) electrons. The highest BCUT2D eigenvalue weighted by Gasteiger charge is 2.35. The van der Waals surface area contributed by atoms with Gasteiger partial charge in [0, 0.05) is 25.2 Å². The second-order valence-electron chi connectivity index (χ2n) is 4.69. The molecule has 2 unspecified atom stereocenters. The molecule has 1 N–H and O–H groups in total. The van der Waals surface area contributed by atoms with E-state index in [0.29, 0.717) is 6.04 Å². The summed E-state index contributed by atoms with van der Waals surface area (Å²) in [4.78, 5) is 5.02. The van der Waals surface area contributed by atoms with Gasteiger partial charge in [0.05, 0.1) is 0 Å². The molecular weight excluding hydrogens is 240 g/mol. The van der Waals surface area contributed by atoms with Crippen LogP contribution >= 0.6 is 23.6 Å². The maximum atomic E-state index is 5.10. The molecular formula is C10H16N4S2. The lowest BCUT2D eigenvalue weighted by atomic mass is 10.1. The van der Waals surface area contributed by atoms with E-state index < -0.39 is 0 Å². The van der Waals surface area contributed by atoms with E-state index in [0.717, 1.165) is 28.2 Å². The van der Waals surface area contributed by atoms with Crippen LogP contribution in [0.25, 0.3) is 0 Å². The van der Waals surface area contributed by atoms with Gasteiger partial charge < -0.3 is 4.90 Å². The molecule has 1 aromatic heterocycles. The van der Waals surface area contributed by atoms with E-state index in [9.17, 15) is 0 Å². The van der Waals surface area contributed by atoms with Gasteiger partial charge in [-0.25, -0.2) is 0 Å². The van der Waals surface area contributed by atoms with Gasteiger partial charge >= 0.3 is 0 Å². The molecule has 2 aliphatic heterocycles. The van der Waals surface area contributed by atoms with Crippen molar-refractivity contribution in [1.29, 1.82) is 0 Å². The first-order valence-electron chi connectivity index (χ1n) is 5.80. The Morgan fingerprint density at radius 3 is 3.12 bits per heavy atom. The minimum atomic E-state index is 0.545. The van der Waals surface area contributed by atoms with E-state index in [4.69, 9.17) is 12.2 Å². The van der Waals surface area contributed by atoms with Crippen LogP contribution in [0.3, 0.4) is 0 Å². The summed E-state index contributed by atoms with van der Waals surface area (Å²) in [5.41, 5.74) is 0. The Morgan fingerprint density at radius 1 is 1.50 bits per heavy atom. The first kappa shape index (κ1) is 10.7. The molecule has 0 amide bonds. The lowest BCUT2D eigenvalue weighted by Crippen LogP contribution is -2.55. The molecule has 0 spiro atoms. The fraction of sp³-hybridized carbons (Fsp3) is 0.800. The third kappa shape index (κ3) is 1.78. The zero-order valence-corrected chi connectivity index (χ0v) is 11.0. The molecule has 88 valence electrons. The van der Waals surface area contributed by atoms with Crippen molar-refractivity contribution in [3.63, 3.8) is 0 Å². The standard InChI is InChI=1S/C10H16N4S2/c1-7-5-13-4-2-3-8(13)6-14(7)9-11-12-10(15)16-9/h7-8H,2-6H2,1H3,(H,12,15). The normalized spacial score (nSPS) is 30.7. The Balaban J connectivity index is 1.82. The summed E-state index contributed by atoms with van der Waals surface area (Å²) >= 11 is 6.69. The van der Waals surface area contributed by atoms with Gasteiger partial charge in [0.1, 0.15) is 0 Å². The topological polar surface area (TPSA) is 35.2 Å². The largest absolute Gasteiger partial charge is 0.341 e. The highest BCUT2D eigenvalue weighted by molar-refractivity contribution is 7.73. The second-order valence-corrected chi connectivity index (χ2v) is 6.33. The minimum absolute atomic E-state index is 0.545. The van der Waals surface area contributed by atoms with Gasteiger partial charge in [0.15, 0.2) is 3.95 Å². The molecule has 0 saturated carbocycles. The average molecular weight is 256 g/mol. The van der Waals surface area contributed by atoms with E-state index >= 15 is 0 Å². The lowest BCUT2D eigenvalue weighted by molar-refractivity contribution is 0.203. The molecule has 16 heavy (non-hydrogen) atoms. The number of aromatic amines is 1. The zero-order chi connectivity index (χ0) is 11.1. The van der Waals surface area contributed by atoms with Crippen LogP contribution in [-0.4, -0.2) is 46.8 Å². The van der Waals surface area contributed by atoms with E-state index in [1.54, 1.807) is 11.3 Å². The summed E-state index contributed by atoms with van der Waals surface area (Å²) in [6.07, 6.45) is 2.68. The van der Waals surface area contributed by atoms with Gasteiger partial charge in [-0.2, -0.15) is 0 Å². The number of nitrogens with one attached hydrogen (secondary N) is 1. The van der Waals surface area contributed by atoms with E-state index in [2.05, 4.69) is 26.9 Å². The van der Waals surface area contributed by atoms with E-state index in [-0.39, 0.29) is 0 Å². The van der Waals surface area contributed by atoms with Crippen molar-refractivity contribution < 1.29 is 0 Å². The van der Waals surface area contributed by atoms with Gasteiger partial charge in [-0.05, 0) is 38.5 Å². The number of rotatable bonds is 1. The molecule has 4 nitrogen and oxygen atoms in total. The highest BCUT2D eigenvalue weighted by atomic mass is 32.1. The third-order valence-electron chi connectivity index (χ3n) is 3.61. The Hall–Kier alpha value is -0.460. The molecule has 0 bridgehead atoms. The number of hydrogen-bond acceptors (Lipinski definition) is 5. The summed E-state index contributed by atoms with van der Waals surface area (Å²) in [5, 5.41) is 8.23. The first-order chi connectivity index (χ1) is 7.74. The van der Waals surface area contributed by atoms with Crippen molar-refractivity contribution in [1.82, 2.24) is 15.1 Å². The summed E-state index contributed by atoms with van der Waals surface area (Å²) < 4.78 is 0.774. The molecule has 2 saturated heterocycles. The molecule has 0 aliphatic carbocycles. The summed E-state index contributed by atoms with van der Waals surface area (Å²) in [6.45, 7) is 5.83. The number of nitrogens with zero attached hydrogens (tertiary/aromatic N) is 3. The van der Waals surface area contributed by atoms with E-state index in [1.165, 1.54) is 19.4 Å². The maximum absolute atomic E-state index is 5.10. The fourth-order valence-corrected chi connectivity index (χ4v) is 3.79. The zero-order valence-electron chi connectivity index (χ0n) is 9.35. The minimum Gasteiger partial charge on any atom is -0.341 e.